The van der Waals surface area contributed by atoms with Gasteiger partial charge in [0.15, 0.2) is 0 Å². The first kappa shape index (κ1) is 19.8. The smallest absolute Gasteiger partial charge is 0.323 e. The predicted molar refractivity (Wildman–Crippen MR) is 121 cm³/mol. The number of fused-ring (bicyclic) bond motifs is 1. The monoisotopic (exact) mass is 402 g/mol. The first-order valence-electron chi connectivity index (χ1n) is 10.1. The lowest BCUT2D eigenvalue weighted by Gasteiger charge is -2.22. The number of nitrogens with one attached hydrogen (secondary N) is 3. The number of hydrogen-bond donors (Lipinski definition) is 3. The van der Waals surface area contributed by atoms with Gasteiger partial charge >= 0.3 is 6.03 Å². The molecule has 0 fully saturated rings. The number of urea groups is 1. The van der Waals surface area contributed by atoms with Crippen LogP contribution in [0.1, 0.15) is 31.9 Å². The van der Waals surface area contributed by atoms with Crippen LogP contribution < -0.4 is 20.7 Å². The lowest BCUT2D eigenvalue weighted by molar-refractivity contribution is 0.262. The molecule has 0 unspecified atom stereocenters. The second-order valence-electron chi connectivity index (χ2n) is 8.33. The van der Waals surface area contributed by atoms with E-state index in [1.54, 1.807) is 18.3 Å². The van der Waals surface area contributed by atoms with Gasteiger partial charge in [-0.15, -0.1) is 0 Å². The number of hydrogen-bond acceptors (Lipinski definition) is 4. The van der Waals surface area contributed by atoms with Crippen LogP contribution in [0.3, 0.4) is 0 Å². The van der Waals surface area contributed by atoms with Gasteiger partial charge in [0.25, 0.3) is 0 Å². The van der Waals surface area contributed by atoms with Gasteiger partial charge in [-0.2, -0.15) is 0 Å². The topological polar surface area (TPSA) is 75.3 Å². The maximum absolute atomic E-state index is 12.6. The summed E-state index contributed by atoms with van der Waals surface area (Å²) in [6, 6.07) is 16.9. The quantitative estimate of drug-likeness (QED) is 0.517. The molecule has 6 heteroatoms. The van der Waals surface area contributed by atoms with Crippen molar-refractivity contribution in [3.8, 4) is 11.6 Å². The Balaban J connectivity index is 1.51. The van der Waals surface area contributed by atoms with Crippen molar-refractivity contribution >= 4 is 23.1 Å². The molecule has 3 aromatic rings. The van der Waals surface area contributed by atoms with Gasteiger partial charge in [-0.25, -0.2) is 9.78 Å². The Morgan fingerprint density at radius 3 is 2.73 bits per heavy atom. The van der Waals surface area contributed by atoms with Gasteiger partial charge in [-0.1, -0.05) is 39.0 Å². The molecule has 0 spiro atoms. The highest BCUT2D eigenvalue weighted by atomic mass is 16.5. The summed E-state index contributed by atoms with van der Waals surface area (Å²) in [7, 11) is 0. The SMILES string of the molecule is CC(C)(C)c1ccccc1Oc1ncccc1NC(=O)Nc1ccc2c(c1)CCN2. The van der Waals surface area contributed by atoms with Crippen LogP contribution in [0.25, 0.3) is 0 Å². The predicted octanol–water partition coefficient (Wildman–Crippen LogP) is 5.78. The second-order valence-corrected chi connectivity index (χ2v) is 8.33. The third kappa shape index (κ3) is 4.38. The number of para-hydroxylation sites is 1. The molecular formula is C24H26N4O2. The molecule has 30 heavy (non-hydrogen) atoms. The van der Waals surface area contributed by atoms with E-state index >= 15 is 0 Å². The number of pyridine rings is 1. The number of anilines is 3. The van der Waals surface area contributed by atoms with Gasteiger partial charge in [0.05, 0.1) is 0 Å². The molecule has 2 heterocycles. The Kier molecular flexibility index (Phi) is 5.31. The third-order valence-corrected chi connectivity index (χ3v) is 4.99. The van der Waals surface area contributed by atoms with E-state index < -0.39 is 0 Å². The molecule has 154 valence electrons. The number of benzene rings is 2. The van der Waals surface area contributed by atoms with Crippen molar-refractivity contribution in [3.05, 3.63) is 71.9 Å². The average Bonchev–Trinajstić information content (AvgIpc) is 3.17. The van der Waals surface area contributed by atoms with E-state index in [9.17, 15) is 4.79 Å². The van der Waals surface area contributed by atoms with Gasteiger partial charge in [0.1, 0.15) is 11.4 Å². The number of amides is 2. The van der Waals surface area contributed by atoms with Crippen LogP contribution in [-0.4, -0.2) is 17.6 Å². The Morgan fingerprint density at radius 1 is 1.07 bits per heavy atom. The Morgan fingerprint density at radius 2 is 1.90 bits per heavy atom. The minimum absolute atomic E-state index is 0.0846. The van der Waals surface area contributed by atoms with E-state index in [1.165, 1.54) is 5.56 Å². The molecule has 1 aliphatic heterocycles. The Bertz CT molecular complexity index is 1070. The summed E-state index contributed by atoms with van der Waals surface area (Å²) in [5.74, 6) is 1.07. The van der Waals surface area contributed by atoms with E-state index in [2.05, 4.69) is 41.7 Å². The fraction of sp³-hybridized carbons (Fsp3) is 0.250. The fourth-order valence-electron chi connectivity index (χ4n) is 3.51. The van der Waals surface area contributed by atoms with Crippen LogP contribution in [-0.2, 0) is 11.8 Å². The molecule has 0 bridgehead atoms. The van der Waals surface area contributed by atoms with Gasteiger partial charge < -0.3 is 20.7 Å². The third-order valence-electron chi connectivity index (χ3n) is 4.99. The van der Waals surface area contributed by atoms with Gasteiger partial charge in [0, 0.05) is 29.7 Å². The van der Waals surface area contributed by atoms with Crippen molar-refractivity contribution < 1.29 is 9.53 Å². The summed E-state index contributed by atoms with van der Waals surface area (Å²) in [4.78, 5) is 16.9. The van der Waals surface area contributed by atoms with Crippen molar-refractivity contribution in [1.82, 2.24) is 4.98 Å². The van der Waals surface area contributed by atoms with E-state index in [0.29, 0.717) is 11.6 Å². The highest BCUT2D eigenvalue weighted by Gasteiger charge is 2.20. The Hall–Kier alpha value is -3.54. The molecule has 6 nitrogen and oxygen atoms in total. The average molecular weight is 402 g/mol. The minimum atomic E-state index is -0.345. The molecule has 4 rings (SSSR count). The maximum Gasteiger partial charge on any atom is 0.323 e. The van der Waals surface area contributed by atoms with E-state index in [1.807, 2.05) is 42.5 Å². The highest BCUT2D eigenvalue weighted by Crippen LogP contribution is 2.35. The summed E-state index contributed by atoms with van der Waals surface area (Å²) in [6.07, 6.45) is 2.60. The molecule has 2 amide bonds. The molecule has 0 saturated heterocycles. The van der Waals surface area contributed by atoms with Crippen LogP contribution in [0.4, 0.5) is 21.9 Å². The first-order valence-corrected chi connectivity index (χ1v) is 10.1. The van der Waals surface area contributed by atoms with E-state index in [-0.39, 0.29) is 11.4 Å². The van der Waals surface area contributed by atoms with Crippen LogP contribution in [0, 0.1) is 0 Å². The first-order chi connectivity index (χ1) is 14.4. The van der Waals surface area contributed by atoms with Gasteiger partial charge in [0.2, 0.25) is 5.88 Å². The molecule has 0 atom stereocenters. The molecule has 0 saturated carbocycles. The summed E-state index contributed by atoms with van der Waals surface area (Å²) >= 11 is 0. The molecule has 0 radical (unpaired) electrons. The Labute approximate surface area is 176 Å². The summed E-state index contributed by atoms with van der Waals surface area (Å²) in [5.41, 5.74) is 4.57. The van der Waals surface area contributed by atoms with Gasteiger partial charge in [-0.05, 0) is 53.8 Å². The molecule has 2 aromatic carbocycles. The molecule has 1 aromatic heterocycles. The number of rotatable bonds is 4. The summed E-state index contributed by atoms with van der Waals surface area (Å²) in [5, 5.41) is 9.05. The molecule has 3 N–H and O–H groups in total. The largest absolute Gasteiger partial charge is 0.437 e. The molecule has 0 aliphatic carbocycles. The van der Waals surface area contributed by atoms with E-state index in [4.69, 9.17) is 4.74 Å². The van der Waals surface area contributed by atoms with Crippen molar-refractivity contribution in [2.75, 3.05) is 22.5 Å². The normalized spacial score (nSPS) is 12.6. The zero-order valence-electron chi connectivity index (χ0n) is 17.5. The summed E-state index contributed by atoms with van der Waals surface area (Å²) in [6.45, 7) is 7.32. The lowest BCUT2D eigenvalue weighted by atomic mass is 9.86. The van der Waals surface area contributed by atoms with Crippen LogP contribution in [0.5, 0.6) is 11.6 Å². The standard InChI is InChI=1S/C24H26N4O2/c1-24(2,3)18-7-4-5-9-21(18)30-22-20(8-6-13-26-22)28-23(29)27-17-10-11-19-16(15-17)12-14-25-19/h4-11,13,15,25H,12,14H2,1-3H3,(H2,27,28,29). The number of carbonyl (C=O) groups excluding carboxylic acids is 1. The van der Waals surface area contributed by atoms with Crippen molar-refractivity contribution in [2.24, 2.45) is 0 Å². The minimum Gasteiger partial charge on any atom is -0.437 e. The number of carbonyl (C=O) groups is 1. The van der Waals surface area contributed by atoms with Gasteiger partial charge in [-0.3, -0.25) is 0 Å². The lowest BCUT2D eigenvalue weighted by Crippen LogP contribution is -2.20. The maximum atomic E-state index is 12.6. The molecule has 1 aliphatic rings. The molecular weight excluding hydrogens is 376 g/mol. The second kappa shape index (κ2) is 8.06. The fourth-order valence-corrected chi connectivity index (χ4v) is 3.51. The van der Waals surface area contributed by atoms with Crippen LogP contribution in [0.2, 0.25) is 0 Å². The zero-order chi connectivity index (χ0) is 21.1. The van der Waals surface area contributed by atoms with Crippen LogP contribution >= 0.6 is 0 Å². The zero-order valence-corrected chi connectivity index (χ0v) is 17.5. The highest BCUT2D eigenvalue weighted by molar-refractivity contribution is 6.00. The van der Waals surface area contributed by atoms with Crippen molar-refractivity contribution in [3.63, 3.8) is 0 Å². The van der Waals surface area contributed by atoms with Crippen molar-refractivity contribution in [1.29, 1.82) is 0 Å². The number of ether oxygens (including phenoxy) is 1. The number of aromatic nitrogens is 1. The van der Waals surface area contributed by atoms with Crippen molar-refractivity contribution in [2.45, 2.75) is 32.6 Å². The number of nitrogens with zero attached hydrogens (tertiary/aromatic N) is 1. The van der Waals surface area contributed by atoms with E-state index in [0.717, 1.165) is 35.7 Å². The summed E-state index contributed by atoms with van der Waals surface area (Å²) < 4.78 is 6.12. The van der Waals surface area contributed by atoms with Crippen LogP contribution in [0.15, 0.2) is 60.8 Å².